The van der Waals surface area contributed by atoms with E-state index in [0.717, 1.165) is 5.56 Å². The highest BCUT2D eigenvalue weighted by Gasteiger charge is 2.40. The Bertz CT molecular complexity index is 701. The van der Waals surface area contributed by atoms with Crippen molar-refractivity contribution in [2.24, 2.45) is 5.92 Å². The van der Waals surface area contributed by atoms with Crippen molar-refractivity contribution >= 4 is 29.5 Å². The van der Waals surface area contributed by atoms with Crippen molar-refractivity contribution in [2.45, 2.75) is 31.3 Å². The minimum atomic E-state index is -0.809. The molecule has 26 heavy (non-hydrogen) atoms. The van der Waals surface area contributed by atoms with E-state index in [1.807, 2.05) is 12.1 Å². The minimum Gasteiger partial charge on any atom is -0.481 e. The Morgan fingerprint density at radius 1 is 1.19 bits per heavy atom. The second-order valence-electron chi connectivity index (χ2n) is 6.86. The van der Waals surface area contributed by atoms with Crippen LogP contribution in [0.3, 0.4) is 0 Å². The summed E-state index contributed by atoms with van der Waals surface area (Å²) < 4.78 is 0. The fourth-order valence-electron chi connectivity index (χ4n) is 3.69. The van der Waals surface area contributed by atoms with E-state index >= 15 is 0 Å². The maximum Gasteiger partial charge on any atom is 0.317 e. The van der Waals surface area contributed by atoms with E-state index in [1.54, 1.807) is 29.0 Å². The molecular formula is C18H22ClN3O4. The summed E-state index contributed by atoms with van der Waals surface area (Å²) in [5, 5.41) is 12.6. The topological polar surface area (TPSA) is 90.0 Å². The van der Waals surface area contributed by atoms with Crippen LogP contribution < -0.4 is 5.32 Å². The zero-order chi connectivity index (χ0) is 18.8. The zero-order valence-corrected chi connectivity index (χ0v) is 15.3. The number of piperidine rings is 1. The van der Waals surface area contributed by atoms with E-state index in [9.17, 15) is 14.4 Å². The smallest absolute Gasteiger partial charge is 0.317 e. The van der Waals surface area contributed by atoms with Gasteiger partial charge in [0.25, 0.3) is 0 Å². The molecular weight excluding hydrogens is 358 g/mol. The number of halogens is 1. The lowest BCUT2D eigenvalue weighted by Gasteiger charge is -2.32. The summed E-state index contributed by atoms with van der Waals surface area (Å²) in [5.41, 5.74) is 0.914. The maximum atomic E-state index is 12.6. The summed E-state index contributed by atoms with van der Waals surface area (Å²) in [6.45, 7) is 0.815. The number of aliphatic carboxylic acids is 1. The number of nitrogens with one attached hydrogen (secondary N) is 1. The third-order valence-corrected chi connectivity index (χ3v) is 5.49. The number of rotatable bonds is 3. The quantitative estimate of drug-likeness (QED) is 0.841. The number of likely N-dealkylation sites (N-methyl/N-ethyl adjacent to an activating group) is 1. The van der Waals surface area contributed by atoms with Crippen molar-refractivity contribution in [3.63, 3.8) is 0 Å². The first-order valence-corrected chi connectivity index (χ1v) is 9.04. The van der Waals surface area contributed by atoms with Gasteiger partial charge in [-0.1, -0.05) is 23.7 Å². The van der Waals surface area contributed by atoms with Crippen molar-refractivity contribution < 1.29 is 19.5 Å². The summed E-state index contributed by atoms with van der Waals surface area (Å²) >= 11 is 5.94. The molecule has 2 N–H and O–H groups in total. The van der Waals surface area contributed by atoms with Gasteiger partial charge in [0.2, 0.25) is 5.91 Å². The lowest BCUT2D eigenvalue weighted by atomic mass is 9.97. The molecule has 0 spiro atoms. The van der Waals surface area contributed by atoms with Crippen LogP contribution in [0, 0.1) is 5.92 Å². The number of nitrogens with zero attached hydrogens (tertiary/aromatic N) is 2. The SMILES string of the molecule is CN1C(=O)CC(NC(=O)N2CCC(C(=O)O)CC2)C1c1ccc(Cl)cc1. The standard InChI is InChI=1S/C18H22ClN3O4/c1-21-15(23)10-14(16(21)11-2-4-13(19)5-3-11)20-18(26)22-8-6-12(7-9-22)17(24)25/h2-5,12,14,16H,6-10H2,1H3,(H,20,26)(H,24,25). The molecule has 2 saturated heterocycles. The third kappa shape index (κ3) is 3.77. The first kappa shape index (κ1) is 18.5. The molecule has 0 bridgehead atoms. The first-order valence-electron chi connectivity index (χ1n) is 8.66. The number of carbonyl (C=O) groups excluding carboxylic acids is 2. The fourth-order valence-corrected chi connectivity index (χ4v) is 3.82. The van der Waals surface area contributed by atoms with Crippen molar-refractivity contribution in [3.8, 4) is 0 Å². The third-order valence-electron chi connectivity index (χ3n) is 5.24. The summed E-state index contributed by atoms with van der Waals surface area (Å²) in [4.78, 5) is 39.1. The van der Waals surface area contributed by atoms with Gasteiger partial charge >= 0.3 is 12.0 Å². The molecule has 0 radical (unpaired) electrons. The van der Waals surface area contributed by atoms with Gasteiger partial charge in [-0.05, 0) is 30.5 Å². The molecule has 2 aliphatic heterocycles. The molecule has 3 rings (SSSR count). The van der Waals surface area contributed by atoms with E-state index < -0.39 is 5.97 Å². The Morgan fingerprint density at radius 3 is 2.38 bits per heavy atom. The molecule has 2 fully saturated rings. The van der Waals surface area contributed by atoms with Gasteiger partial charge in [0.15, 0.2) is 0 Å². The molecule has 2 atom stereocenters. The van der Waals surface area contributed by atoms with E-state index in [0.29, 0.717) is 31.0 Å². The number of carbonyl (C=O) groups is 3. The number of urea groups is 1. The van der Waals surface area contributed by atoms with Crippen LogP contribution in [0.1, 0.15) is 30.9 Å². The number of benzene rings is 1. The van der Waals surface area contributed by atoms with Crippen LogP contribution in [-0.2, 0) is 9.59 Å². The van der Waals surface area contributed by atoms with Gasteiger partial charge in [0, 0.05) is 31.6 Å². The Kier molecular flexibility index (Phi) is 5.36. The Hall–Kier alpha value is -2.28. The predicted molar refractivity (Wildman–Crippen MR) is 95.8 cm³/mol. The highest BCUT2D eigenvalue weighted by molar-refractivity contribution is 6.30. The van der Waals surface area contributed by atoms with Crippen LogP contribution >= 0.6 is 11.6 Å². The number of carboxylic acid groups (broad SMARTS) is 1. The van der Waals surface area contributed by atoms with Crippen LogP contribution in [0.5, 0.6) is 0 Å². The average molecular weight is 380 g/mol. The molecule has 2 unspecified atom stereocenters. The number of likely N-dealkylation sites (tertiary alicyclic amines) is 2. The summed E-state index contributed by atoms with van der Waals surface area (Å²) in [7, 11) is 1.73. The first-order chi connectivity index (χ1) is 12.4. The van der Waals surface area contributed by atoms with Crippen LogP contribution in [0.15, 0.2) is 24.3 Å². The minimum absolute atomic E-state index is 0.0279. The number of carboxylic acids is 1. The van der Waals surface area contributed by atoms with Gasteiger partial charge < -0.3 is 20.2 Å². The molecule has 7 nitrogen and oxygen atoms in total. The zero-order valence-electron chi connectivity index (χ0n) is 14.5. The average Bonchev–Trinajstić information content (AvgIpc) is 2.89. The van der Waals surface area contributed by atoms with Gasteiger partial charge in [-0.3, -0.25) is 9.59 Å². The van der Waals surface area contributed by atoms with Gasteiger partial charge in [-0.15, -0.1) is 0 Å². The lowest BCUT2D eigenvalue weighted by Crippen LogP contribution is -2.49. The van der Waals surface area contributed by atoms with Gasteiger partial charge in [0.1, 0.15) is 0 Å². The number of hydrogen-bond donors (Lipinski definition) is 2. The van der Waals surface area contributed by atoms with Crippen molar-refractivity contribution in [1.29, 1.82) is 0 Å². The summed E-state index contributed by atoms with van der Waals surface area (Å²) in [6.07, 6.45) is 1.14. The monoisotopic (exact) mass is 379 g/mol. The van der Waals surface area contributed by atoms with Crippen LogP contribution in [0.2, 0.25) is 5.02 Å². The molecule has 0 aliphatic carbocycles. The van der Waals surface area contributed by atoms with Gasteiger partial charge in [-0.2, -0.15) is 0 Å². The van der Waals surface area contributed by atoms with Crippen molar-refractivity contribution in [3.05, 3.63) is 34.9 Å². The van der Waals surface area contributed by atoms with Crippen molar-refractivity contribution in [1.82, 2.24) is 15.1 Å². The number of amides is 3. The molecule has 3 amide bonds. The normalized spacial score (nSPS) is 24.0. The van der Waals surface area contributed by atoms with Crippen molar-refractivity contribution in [2.75, 3.05) is 20.1 Å². The Balaban J connectivity index is 1.67. The second kappa shape index (κ2) is 7.53. The highest BCUT2D eigenvalue weighted by atomic mass is 35.5. The van der Waals surface area contributed by atoms with Crippen LogP contribution in [-0.4, -0.2) is 59.0 Å². The molecule has 1 aromatic rings. The second-order valence-corrected chi connectivity index (χ2v) is 7.30. The number of hydrogen-bond acceptors (Lipinski definition) is 3. The lowest BCUT2D eigenvalue weighted by molar-refractivity contribution is -0.143. The van der Waals surface area contributed by atoms with E-state index in [2.05, 4.69) is 5.32 Å². The van der Waals surface area contributed by atoms with Gasteiger partial charge in [-0.25, -0.2) is 4.79 Å². The highest BCUT2D eigenvalue weighted by Crippen LogP contribution is 2.32. The molecule has 8 heteroatoms. The Morgan fingerprint density at radius 2 is 1.81 bits per heavy atom. The molecule has 2 heterocycles. The molecule has 2 aliphatic rings. The Labute approximate surface area is 156 Å². The molecule has 140 valence electrons. The summed E-state index contributed by atoms with van der Waals surface area (Å²) in [6, 6.07) is 6.42. The van der Waals surface area contributed by atoms with Gasteiger partial charge in [0.05, 0.1) is 18.0 Å². The fraction of sp³-hybridized carbons (Fsp3) is 0.500. The predicted octanol–water partition coefficient (Wildman–Crippen LogP) is 2.12. The van der Waals surface area contributed by atoms with Crippen LogP contribution in [0.4, 0.5) is 4.79 Å². The largest absolute Gasteiger partial charge is 0.481 e. The maximum absolute atomic E-state index is 12.6. The molecule has 1 aromatic carbocycles. The molecule has 0 aromatic heterocycles. The van der Waals surface area contributed by atoms with E-state index in [4.69, 9.17) is 16.7 Å². The summed E-state index contributed by atoms with van der Waals surface area (Å²) in [5.74, 6) is -1.23. The van der Waals surface area contributed by atoms with E-state index in [-0.39, 0.29) is 36.4 Å². The van der Waals surface area contributed by atoms with Crippen LogP contribution in [0.25, 0.3) is 0 Å². The van der Waals surface area contributed by atoms with E-state index in [1.165, 1.54) is 0 Å². The molecule has 0 saturated carbocycles.